The number of thioether (sulfide) groups is 1. The summed E-state index contributed by atoms with van der Waals surface area (Å²) in [6, 6.07) is 0.674. The van der Waals surface area contributed by atoms with Crippen LogP contribution in [-0.2, 0) is 4.74 Å². The third kappa shape index (κ3) is 4.77. The highest BCUT2D eigenvalue weighted by Gasteiger charge is 2.32. The molecule has 3 rings (SSSR count). The number of rotatable bonds is 5. The van der Waals surface area contributed by atoms with Crippen LogP contribution in [0.25, 0.3) is 0 Å². The van der Waals surface area contributed by atoms with Gasteiger partial charge in [0.1, 0.15) is 0 Å². The maximum absolute atomic E-state index is 6.03. The van der Waals surface area contributed by atoms with Gasteiger partial charge in [-0.1, -0.05) is 0 Å². The smallest absolute Gasteiger partial charge is 0.191 e. The van der Waals surface area contributed by atoms with E-state index in [9.17, 15) is 0 Å². The summed E-state index contributed by atoms with van der Waals surface area (Å²) in [4.78, 5) is 7.42. The van der Waals surface area contributed by atoms with Crippen molar-refractivity contribution in [3.05, 3.63) is 0 Å². The van der Waals surface area contributed by atoms with Crippen LogP contribution in [0.3, 0.4) is 0 Å². The van der Waals surface area contributed by atoms with Gasteiger partial charge in [0.2, 0.25) is 0 Å². The highest BCUT2D eigenvalue weighted by Crippen LogP contribution is 2.37. The van der Waals surface area contributed by atoms with Gasteiger partial charge in [0.15, 0.2) is 5.96 Å². The molecule has 0 aromatic carbocycles. The maximum Gasteiger partial charge on any atom is 0.191 e. The minimum absolute atomic E-state index is 0.282. The molecule has 3 aliphatic rings. The molecule has 2 N–H and O–H groups in total. The zero-order valence-electron chi connectivity index (χ0n) is 14.6. The lowest BCUT2D eigenvalue weighted by molar-refractivity contribution is -0.0453. The lowest BCUT2D eigenvalue weighted by Gasteiger charge is -2.35. The van der Waals surface area contributed by atoms with Gasteiger partial charge >= 0.3 is 0 Å². The molecule has 0 spiro atoms. The van der Waals surface area contributed by atoms with Crippen LogP contribution in [0.5, 0.6) is 0 Å². The Kier molecular flexibility index (Phi) is 6.10. The van der Waals surface area contributed by atoms with Crippen LogP contribution in [0.1, 0.15) is 39.5 Å². The zero-order valence-corrected chi connectivity index (χ0v) is 15.5. The zero-order chi connectivity index (χ0) is 16.1. The van der Waals surface area contributed by atoms with Gasteiger partial charge in [0.25, 0.3) is 0 Å². The van der Waals surface area contributed by atoms with Crippen LogP contribution in [-0.4, -0.2) is 72.8 Å². The largest absolute Gasteiger partial charge is 0.373 e. The Bertz CT molecular complexity index is 411. The molecule has 0 aliphatic carbocycles. The van der Waals surface area contributed by atoms with E-state index in [0.29, 0.717) is 10.8 Å². The fourth-order valence-corrected chi connectivity index (χ4v) is 5.00. The molecule has 0 bridgehead atoms. The number of ether oxygens (including phenoxy) is 1. The van der Waals surface area contributed by atoms with Crippen molar-refractivity contribution in [3.8, 4) is 0 Å². The predicted molar refractivity (Wildman–Crippen MR) is 98.4 cm³/mol. The maximum atomic E-state index is 6.03. The quantitative estimate of drug-likeness (QED) is 0.589. The van der Waals surface area contributed by atoms with Crippen LogP contribution in [0.2, 0.25) is 0 Å². The van der Waals surface area contributed by atoms with Crippen molar-refractivity contribution >= 4 is 17.7 Å². The second-order valence-electron chi connectivity index (χ2n) is 7.22. The Morgan fingerprint density at radius 1 is 1.39 bits per heavy atom. The molecule has 3 fully saturated rings. The molecular weight excluding hydrogens is 308 g/mol. The van der Waals surface area contributed by atoms with E-state index in [1.54, 1.807) is 0 Å². The molecule has 0 aromatic rings. The molecule has 6 heteroatoms. The van der Waals surface area contributed by atoms with Gasteiger partial charge in [-0.25, -0.2) is 0 Å². The summed E-state index contributed by atoms with van der Waals surface area (Å²) >= 11 is 2.07. The van der Waals surface area contributed by atoms with E-state index in [1.165, 1.54) is 38.0 Å². The molecule has 0 aromatic heterocycles. The van der Waals surface area contributed by atoms with Crippen molar-refractivity contribution in [2.45, 2.75) is 56.4 Å². The first-order valence-electron chi connectivity index (χ1n) is 9.20. The van der Waals surface area contributed by atoms with Crippen LogP contribution in [0.15, 0.2) is 4.99 Å². The van der Waals surface area contributed by atoms with Crippen molar-refractivity contribution in [2.75, 3.05) is 45.1 Å². The van der Waals surface area contributed by atoms with Crippen molar-refractivity contribution < 1.29 is 4.74 Å². The highest BCUT2D eigenvalue weighted by molar-refractivity contribution is 8.00. The summed E-state index contributed by atoms with van der Waals surface area (Å²) in [5.74, 6) is 2.22. The van der Waals surface area contributed by atoms with E-state index in [2.05, 4.69) is 41.1 Å². The molecule has 3 aliphatic heterocycles. The fraction of sp³-hybridized carbons (Fsp3) is 0.941. The molecule has 5 nitrogen and oxygen atoms in total. The van der Waals surface area contributed by atoms with Gasteiger partial charge in [-0.15, -0.1) is 0 Å². The van der Waals surface area contributed by atoms with Crippen LogP contribution in [0, 0.1) is 0 Å². The van der Waals surface area contributed by atoms with Crippen molar-refractivity contribution in [3.63, 3.8) is 0 Å². The van der Waals surface area contributed by atoms with Gasteiger partial charge < -0.3 is 15.4 Å². The predicted octanol–water partition coefficient (Wildman–Crippen LogP) is 1.69. The van der Waals surface area contributed by atoms with E-state index >= 15 is 0 Å². The Balaban J connectivity index is 1.47. The van der Waals surface area contributed by atoms with Crippen molar-refractivity contribution in [1.82, 2.24) is 15.5 Å². The summed E-state index contributed by atoms with van der Waals surface area (Å²) in [5, 5.41) is 6.86. The molecule has 3 atom stereocenters. The lowest BCUT2D eigenvalue weighted by atomic mass is 10.1. The summed E-state index contributed by atoms with van der Waals surface area (Å²) in [6.07, 6.45) is 5.52. The highest BCUT2D eigenvalue weighted by atomic mass is 32.2. The van der Waals surface area contributed by atoms with Gasteiger partial charge in [0.05, 0.1) is 19.3 Å². The second-order valence-corrected chi connectivity index (χ2v) is 8.91. The number of guanidine groups is 1. The van der Waals surface area contributed by atoms with Gasteiger partial charge in [-0.3, -0.25) is 9.89 Å². The van der Waals surface area contributed by atoms with Gasteiger partial charge in [-0.05, 0) is 51.8 Å². The average Bonchev–Trinajstić information content (AvgIpc) is 3.19. The Morgan fingerprint density at radius 2 is 2.30 bits per heavy atom. The number of fused-ring (bicyclic) bond motifs is 1. The Labute approximate surface area is 145 Å². The second kappa shape index (κ2) is 8.08. The van der Waals surface area contributed by atoms with E-state index in [4.69, 9.17) is 9.73 Å². The van der Waals surface area contributed by atoms with E-state index in [0.717, 1.165) is 38.7 Å². The SMILES string of the molecule is CCNC(=NCC1(C)CCCS1)NCC1CN2CCCC2CO1. The number of nitrogens with one attached hydrogen (secondary N) is 2. The van der Waals surface area contributed by atoms with Gasteiger partial charge in [0, 0.05) is 30.4 Å². The number of hydrogen-bond acceptors (Lipinski definition) is 4. The minimum Gasteiger partial charge on any atom is -0.373 e. The number of aliphatic imine (C=N–C) groups is 1. The summed E-state index contributed by atoms with van der Waals surface area (Å²) < 4.78 is 6.35. The molecule has 0 amide bonds. The monoisotopic (exact) mass is 340 g/mol. The average molecular weight is 341 g/mol. The number of hydrogen-bond donors (Lipinski definition) is 2. The van der Waals surface area contributed by atoms with E-state index in [-0.39, 0.29) is 6.10 Å². The van der Waals surface area contributed by atoms with E-state index in [1.807, 2.05) is 0 Å². The topological polar surface area (TPSA) is 48.9 Å². The lowest BCUT2D eigenvalue weighted by Crippen LogP contribution is -2.51. The normalized spacial score (nSPS) is 35.3. The molecule has 3 saturated heterocycles. The molecule has 0 radical (unpaired) electrons. The third-order valence-corrected chi connectivity index (χ3v) is 6.70. The molecule has 132 valence electrons. The van der Waals surface area contributed by atoms with Crippen LogP contribution >= 0.6 is 11.8 Å². The van der Waals surface area contributed by atoms with Crippen LogP contribution in [0.4, 0.5) is 0 Å². The standard InChI is InChI=1S/C17H32N4OS/c1-3-18-16(20-13-17(2)7-5-9-23-17)19-10-15-11-21-8-4-6-14(21)12-22-15/h14-15H,3-13H2,1-2H3,(H2,18,19,20). The molecular formula is C17H32N4OS. The first-order chi connectivity index (χ1) is 11.2. The van der Waals surface area contributed by atoms with Gasteiger partial charge in [-0.2, -0.15) is 11.8 Å². The molecule has 23 heavy (non-hydrogen) atoms. The summed E-state index contributed by atoms with van der Waals surface area (Å²) in [7, 11) is 0. The molecule has 0 saturated carbocycles. The number of morpholine rings is 1. The third-order valence-electron chi connectivity index (χ3n) is 5.18. The summed E-state index contributed by atoms with van der Waals surface area (Å²) in [6.45, 7) is 10.3. The fourth-order valence-electron chi connectivity index (χ4n) is 3.77. The van der Waals surface area contributed by atoms with Crippen molar-refractivity contribution in [1.29, 1.82) is 0 Å². The number of nitrogens with zero attached hydrogens (tertiary/aromatic N) is 2. The minimum atomic E-state index is 0.282. The molecule has 3 unspecified atom stereocenters. The van der Waals surface area contributed by atoms with Crippen LogP contribution < -0.4 is 10.6 Å². The summed E-state index contributed by atoms with van der Waals surface area (Å²) in [5.41, 5.74) is 0. The van der Waals surface area contributed by atoms with Crippen molar-refractivity contribution in [2.24, 2.45) is 4.99 Å². The Hall–Kier alpha value is -0.460. The van der Waals surface area contributed by atoms with E-state index < -0.39 is 0 Å². The first kappa shape index (κ1) is 17.4. The molecule has 3 heterocycles. The first-order valence-corrected chi connectivity index (χ1v) is 10.2. The Morgan fingerprint density at radius 3 is 3.09 bits per heavy atom.